The van der Waals surface area contributed by atoms with Crippen molar-refractivity contribution in [1.29, 1.82) is 0 Å². The molecule has 1 aromatic rings. The lowest BCUT2D eigenvalue weighted by Gasteiger charge is -2.10. The summed E-state index contributed by atoms with van der Waals surface area (Å²) < 4.78 is 36.9. The number of aryl methyl sites for hydroxylation is 2. The van der Waals surface area contributed by atoms with E-state index in [1.807, 2.05) is 13.8 Å². The molecule has 0 aliphatic rings. The number of rotatable bonds is 2. The maximum Gasteiger partial charge on any atom is 0.417 e. The molecule has 0 fully saturated rings. The molecule has 0 radical (unpaired) electrons. The van der Waals surface area contributed by atoms with Gasteiger partial charge in [0, 0.05) is 11.9 Å². The first-order chi connectivity index (χ1) is 6.49. The molecule has 1 nitrogen and oxygen atoms in total. The molecule has 0 saturated heterocycles. The highest BCUT2D eigenvalue weighted by atomic mass is 19.4. The van der Waals surface area contributed by atoms with E-state index < -0.39 is 11.7 Å². The molecular formula is C10H12F3N. The zero-order valence-corrected chi connectivity index (χ0v) is 8.15. The minimum Gasteiger partial charge on any atom is -0.260 e. The van der Waals surface area contributed by atoms with Crippen LogP contribution in [0.5, 0.6) is 0 Å². The lowest BCUT2D eigenvalue weighted by Crippen LogP contribution is -2.08. The van der Waals surface area contributed by atoms with Crippen molar-refractivity contribution in [2.75, 3.05) is 0 Å². The van der Waals surface area contributed by atoms with Gasteiger partial charge in [0.05, 0.1) is 5.56 Å². The molecule has 0 unspecified atom stereocenters. The summed E-state index contributed by atoms with van der Waals surface area (Å²) >= 11 is 0. The van der Waals surface area contributed by atoms with Gasteiger partial charge in [0.2, 0.25) is 0 Å². The van der Waals surface area contributed by atoms with Crippen molar-refractivity contribution in [2.24, 2.45) is 0 Å². The summed E-state index contributed by atoms with van der Waals surface area (Å²) in [4.78, 5) is 3.81. The highest BCUT2D eigenvalue weighted by Crippen LogP contribution is 2.29. The molecule has 0 N–H and O–H groups in total. The number of halogens is 3. The monoisotopic (exact) mass is 203 g/mol. The van der Waals surface area contributed by atoms with E-state index in [2.05, 4.69) is 4.98 Å². The fraction of sp³-hybridized carbons (Fsp3) is 0.500. The van der Waals surface area contributed by atoms with Crippen LogP contribution in [0.1, 0.15) is 30.7 Å². The summed E-state index contributed by atoms with van der Waals surface area (Å²) in [6.07, 6.45) is -2.14. The van der Waals surface area contributed by atoms with Gasteiger partial charge in [0.15, 0.2) is 0 Å². The molecule has 1 rings (SSSR count). The van der Waals surface area contributed by atoms with Gasteiger partial charge < -0.3 is 0 Å². The van der Waals surface area contributed by atoms with E-state index in [0.717, 1.165) is 11.9 Å². The molecule has 78 valence electrons. The fourth-order valence-corrected chi connectivity index (χ4v) is 1.32. The van der Waals surface area contributed by atoms with Crippen molar-refractivity contribution in [1.82, 2.24) is 4.98 Å². The van der Waals surface area contributed by atoms with Crippen LogP contribution in [-0.2, 0) is 19.0 Å². The molecule has 4 heteroatoms. The van der Waals surface area contributed by atoms with Gasteiger partial charge in [-0.05, 0) is 24.5 Å². The highest BCUT2D eigenvalue weighted by Gasteiger charge is 2.31. The Hall–Kier alpha value is -1.06. The fourth-order valence-electron chi connectivity index (χ4n) is 1.32. The minimum absolute atomic E-state index is 0.583. The van der Waals surface area contributed by atoms with Gasteiger partial charge in [0.1, 0.15) is 0 Å². The normalized spacial score (nSPS) is 11.8. The molecular weight excluding hydrogens is 191 g/mol. The molecule has 1 aromatic heterocycles. The molecule has 1 heterocycles. The van der Waals surface area contributed by atoms with Crippen molar-refractivity contribution >= 4 is 0 Å². The Morgan fingerprint density at radius 1 is 1.21 bits per heavy atom. The summed E-state index contributed by atoms with van der Waals surface area (Å²) in [7, 11) is 0. The van der Waals surface area contributed by atoms with Gasteiger partial charge in [-0.1, -0.05) is 13.8 Å². The van der Waals surface area contributed by atoms with E-state index in [-0.39, 0.29) is 0 Å². The second kappa shape index (κ2) is 3.98. The van der Waals surface area contributed by atoms with Crippen LogP contribution >= 0.6 is 0 Å². The standard InChI is InChI=1S/C10H12F3N/c1-3-7-5-8(10(11,12)13)6-14-9(7)4-2/h5-6H,3-4H2,1-2H3. The number of nitrogens with zero attached hydrogens (tertiary/aromatic N) is 1. The average Bonchev–Trinajstić information content (AvgIpc) is 2.15. The Labute approximate surface area is 81.0 Å². The number of alkyl halides is 3. The van der Waals surface area contributed by atoms with Crippen LogP contribution in [0.25, 0.3) is 0 Å². The summed E-state index contributed by atoms with van der Waals surface area (Å²) in [6, 6.07) is 1.19. The molecule has 0 atom stereocenters. The van der Waals surface area contributed by atoms with Crippen molar-refractivity contribution in [3.05, 3.63) is 29.1 Å². The van der Waals surface area contributed by atoms with Gasteiger partial charge in [0.25, 0.3) is 0 Å². The van der Waals surface area contributed by atoms with E-state index in [0.29, 0.717) is 18.4 Å². The van der Waals surface area contributed by atoms with Crippen LogP contribution in [0.2, 0.25) is 0 Å². The first-order valence-corrected chi connectivity index (χ1v) is 4.54. The van der Waals surface area contributed by atoms with Crippen molar-refractivity contribution in [3.63, 3.8) is 0 Å². The molecule has 0 aliphatic heterocycles. The topological polar surface area (TPSA) is 12.9 Å². The van der Waals surface area contributed by atoms with E-state index in [1.54, 1.807) is 0 Å². The van der Waals surface area contributed by atoms with Crippen LogP contribution in [0, 0.1) is 0 Å². The third-order valence-corrected chi connectivity index (χ3v) is 2.10. The SMILES string of the molecule is CCc1cc(C(F)(F)F)cnc1CC. The Bertz CT molecular complexity index is 318. The molecule has 0 bridgehead atoms. The average molecular weight is 203 g/mol. The second-order valence-corrected chi connectivity index (χ2v) is 3.03. The molecule has 0 spiro atoms. The maximum atomic E-state index is 12.3. The smallest absolute Gasteiger partial charge is 0.260 e. The molecule has 0 aromatic carbocycles. The van der Waals surface area contributed by atoms with Crippen LogP contribution in [0.4, 0.5) is 13.2 Å². The summed E-state index contributed by atoms with van der Waals surface area (Å²) in [6.45, 7) is 3.71. The third kappa shape index (κ3) is 2.25. The van der Waals surface area contributed by atoms with E-state index >= 15 is 0 Å². The van der Waals surface area contributed by atoms with E-state index in [1.165, 1.54) is 6.07 Å². The van der Waals surface area contributed by atoms with Crippen molar-refractivity contribution < 1.29 is 13.2 Å². The van der Waals surface area contributed by atoms with E-state index in [4.69, 9.17) is 0 Å². The van der Waals surface area contributed by atoms with Crippen LogP contribution in [0.15, 0.2) is 12.3 Å². The molecule has 14 heavy (non-hydrogen) atoms. The van der Waals surface area contributed by atoms with Crippen molar-refractivity contribution in [2.45, 2.75) is 32.9 Å². The third-order valence-electron chi connectivity index (χ3n) is 2.10. The minimum atomic E-state index is -4.29. The van der Waals surface area contributed by atoms with Gasteiger partial charge in [-0.3, -0.25) is 4.98 Å². The molecule has 0 aliphatic carbocycles. The number of hydrogen-bond acceptors (Lipinski definition) is 1. The summed E-state index contributed by atoms with van der Waals surface area (Å²) in [5, 5.41) is 0. The predicted molar refractivity (Wildman–Crippen MR) is 48.0 cm³/mol. The molecule has 0 saturated carbocycles. The summed E-state index contributed by atoms with van der Waals surface area (Å²) in [5.74, 6) is 0. The van der Waals surface area contributed by atoms with Gasteiger partial charge in [-0.2, -0.15) is 13.2 Å². The van der Waals surface area contributed by atoms with Crippen LogP contribution in [0.3, 0.4) is 0 Å². The number of pyridine rings is 1. The zero-order valence-electron chi connectivity index (χ0n) is 8.15. The highest BCUT2D eigenvalue weighted by molar-refractivity contribution is 5.27. The van der Waals surface area contributed by atoms with E-state index in [9.17, 15) is 13.2 Å². The Kier molecular flexibility index (Phi) is 3.13. The first-order valence-electron chi connectivity index (χ1n) is 4.54. The first kappa shape index (κ1) is 11.0. The molecule has 0 amide bonds. The Morgan fingerprint density at radius 3 is 2.29 bits per heavy atom. The quantitative estimate of drug-likeness (QED) is 0.719. The predicted octanol–water partition coefficient (Wildman–Crippen LogP) is 3.23. The number of hydrogen-bond donors (Lipinski definition) is 0. The van der Waals surface area contributed by atoms with Gasteiger partial charge in [-0.25, -0.2) is 0 Å². The van der Waals surface area contributed by atoms with Crippen LogP contribution in [-0.4, -0.2) is 4.98 Å². The lowest BCUT2D eigenvalue weighted by atomic mass is 10.1. The van der Waals surface area contributed by atoms with Crippen LogP contribution < -0.4 is 0 Å². The van der Waals surface area contributed by atoms with Gasteiger partial charge >= 0.3 is 6.18 Å². The second-order valence-electron chi connectivity index (χ2n) is 3.03. The largest absolute Gasteiger partial charge is 0.417 e. The van der Waals surface area contributed by atoms with Crippen molar-refractivity contribution in [3.8, 4) is 0 Å². The lowest BCUT2D eigenvalue weighted by molar-refractivity contribution is -0.137. The zero-order chi connectivity index (χ0) is 10.8. The number of aromatic nitrogens is 1. The van der Waals surface area contributed by atoms with Gasteiger partial charge in [-0.15, -0.1) is 0 Å². The maximum absolute atomic E-state index is 12.3. The Balaban J connectivity index is 3.14. The summed E-state index contributed by atoms with van der Waals surface area (Å²) in [5.41, 5.74) is 0.773. The Morgan fingerprint density at radius 2 is 1.86 bits per heavy atom.